The molecule has 0 aromatic heterocycles. The van der Waals surface area contributed by atoms with Crippen molar-refractivity contribution in [2.24, 2.45) is 5.92 Å². The third kappa shape index (κ3) is 9.93. The number of fused-ring (bicyclic) bond motifs is 3. The van der Waals surface area contributed by atoms with Crippen LogP contribution in [-0.4, -0.2) is 92.8 Å². The van der Waals surface area contributed by atoms with Crippen LogP contribution in [0.2, 0.25) is 5.02 Å². The third-order valence-corrected chi connectivity index (χ3v) is 12.1. The molecule has 6 rings (SSSR count). The summed E-state index contributed by atoms with van der Waals surface area (Å²) in [6.07, 6.45) is 4.57. The van der Waals surface area contributed by atoms with Crippen LogP contribution in [-0.2, 0) is 35.0 Å². The lowest BCUT2D eigenvalue weighted by molar-refractivity contribution is -0.158. The van der Waals surface area contributed by atoms with Crippen molar-refractivity contribution >= 4 is 35.7 Å². The number of likely N-dealkylation sites (N-methyl/N-ethyl adjacent to an activating group) is 1. The maximum absolute atomic E-state index is 13.6. The molecule has 2 N–H and O–H groups in total. The number of esters is 1. The first kappa shape index (κ1) is 43.3. The van der Waals surface area contributed by atoms with Gasteiger partial charge in [-0.1, -0.05) is 96.9 Å². The van der Waals surface area contributed by atoms with E-state index in [0.29, 0.717) is 23.6 Å². The van der Waals surface area contributed by atoms with E-state index in [1.54, 1.807) is 21.0 Å². The highest BCUT2D eigenvalue weighted by molar-refractivity contribution is 6.32. The Hall–Kier alpha value is -5.33. The molecule has 1 aliphatic carbocycles. The summed E-state index contributed by atoms with van der Waals surface area (Å²) < 4.78 is 29.0. The van der Waals surface area contributed by atoms with Crippen molar-refractivity contribution in [1.29, 1.82) is 0 Å². The topological polar surface area (TPSA) is 145 Å². The average Bonchev–Trinajstić information content (AvgIpc) is 3.83. The number of epoxide rings is 1. The number of nitrogens with one attached hydrogen (secondary N) is 2. The Labute approximate surface area is 351 Å². The first-order valence-corrected chi connectivity index (χ1v) is 20.4. The van der Waals surface area contributed by atoms with Crippen LogP contribution in [0, 0.1) is 5.92 Å². The van der Waals surface area contributed by atoms with Gasteiger partial charge in [-0.25, -0.2) is 14.4 Å². The van der Waals surface area contributed by atoms with Gasteiger partial charge in [0.2, 0.25) is 5.91 Å². The van der Waals surface area contributed by atoms with Gasteiger partial charge in [0, 0.05) is 38.4 Å². The van der Waals surface area contributed by atoms with Gasteiger partial charge in [0.1, 0.15) is 36.2 Å². The summed E-state index contributed by atoms with van der Waals surface area (Å²) in [5.74, 6) is -0.851. The van der Waals surface area contributed by atoms with Gasteiger partial charge < -0.3 is 34.3 Å². The number of hydrogen-bond acceptors (Lipinski definition) is 9. The molecule has 12 nitrogen and oxygen atoms in total. The number of rotatable bonds is 16. The standard InChI is InChI=1S/C46H54ClN3O9/c1-27(22-30-20-21-37(47)39(23-30)55-7)14-8-9-15-31-24-38(57-44(53)49-31)28(2)42-46(4,59-42)40(25-41(51)48-5)58-43(52)29(3)50(6)45(54)56-26-36-34-18-12-10-16-32(34)33-17-11-13-19-35(33)36/h8-14,16-21,23,28-29,31,36,38,40,42H,15,22,24-26H2,1-7H3,(H,48,51)(H,49,53)/b9-8+,27-14+/t28-,29-,31?,38?,40+,42?,46?/m1/s1. The Morgan fingerprint density at radius 3 is 2.41 bits per heavy atom. The molecule has 2 saturated heterocycles. The van der Waals surface area contributed by atoms with Gasteiger partial charge in [0.15, 0.2) is 0 Å². The van der Waals surface area contributed by atoms with E-state index in [0.717, 1.165) is 39.8 Å². The van der Waals surface area contributed by atoms with Gasteiger partial charge in [0.05, 0.1) is 24.7 Å². The minimum atomic E-state index is -1.05. The van der Waals surface area contributed by atoms with Crippen molar-refractivity contribution in [2.75, 3.05) is 27.8 Å². The van der Waals surface area contributed by atoms with Gasteiger partial charge in [-0.2, -0.15) is 0 Å². The number of benzene rings is 3. The van der Waals surface area contributed by atoms with Crippen LogP contribution in [0.3, 0.4) is 0 Å². The molecule has 0 radical (unpaired) electrons. The van der Waals surface area contributed by atoms with Crippen LogP contribution < -0.4 is 15.4 Å². The summed E-state index contributed by atoms with van der Waals surface area (Å²) >= 11 is 6.17. The number of halogens is 1. The second-order valence-electron chi connectivity index (χ2n) is 15.8. The van der Waals surface area contributed by atoms with E-state index < -0.39 is 48.1 Å². The number of ether oxygens (including phenoxy) is 5. The summed E-state index contributed by atoms with van der Waals surface area (Å²) in [7, 11) is 4.57. The predicted octanol–water partition coefficient (Wildman–Crippen LogP) is 7.76. The average molecular weight is 828 g/mol. The number of alkyl carbamates (subject to hydrolysis) is 1. The van der Waals surface area contributed by atoms with Crippen LogP contribution in [0.25, 0.3) is 11.1 Å². The molecular formula is C46H54ClN3O9. The second-order valence-corrected chi connectivity index (χ2v) is 16.2. The lowest BCUT2D eigenvalue weighted by Gasteiger charge is -2.33. The number of methoxy groups -OCH3 is 1. The first-order valence-electron chi connectivity index (χ1n) is 20.0. The van der Waals surface area contributed by atoms with Crippen LogP contribution in [0.1, 0.15) is 69.6 Å². The molecule has 314 valence electrons. The molecule has 0 bridgehead atoms. The van der Waals surface area contributed by atoms with E-state index in [1.807, 2.05) is 86.7 Å². The second kappa shape index (κ2) is 18.7. The molecule has 13 heteroatoms. The van der Waals surface area contributed by atoms with Crippen molar-refractivity contribution in [2.45, 2.75) is 95.3 Å². The van der Waals surface area contributed by atoms with Crippen molar-refractivity contribution in [3.63, 3.8) is 0 Å². The van der Waals surface area contributed by atoms with Crippen LogP contribution >= 0.6 is 11.6 Å². The van der Waals surface area contributed by atoms with Crippen molar-refractivity contribution in [3.8, 4) is 16.9 Å². The molecular weight excluding hydrogens is 774 g/mol. The molecule has 2 aliphatic heterocycles. The number of nitrogens with zero attached hydrogens (tertiary/aromatic N) is 1. The SMILES string of the molecule is CNC(=O)C[C@H](OC(=O)[C@@H](C)N(C)C(=O)OCC1c2ccccc2-c2ccccc21)C1(C)OC1[C@H](C)C1CC(C/C=C/C=C(\C)Cc2ccc(Cl)c(OC)c2)NC(=O)O1. The monoisotopic (exact) mass is 827 g/mol. The fourth-order valence-electron chi connectivity index (χ4n) is 8.08. The van der Waals surface area contributed by atoms with E-state index >= 15 is 0 Å². The molecule has 0 spiro atoms. The number of hydrogen-bond donors (Lipinski definition) is 2. The van der Waals surface area contributed by atoms with Gasteiger partial charge in [-0.15, -0.1) is 0 Å². The lowest BCUT2D eigenvalue weighted by Crippen LogP contribution is -2.49. The Bertz CT molecular complexity index is 2060. The molecule has 3 aromatic carbocycles. The molecule has 3 aromatic rings. The molecule has 2 fully saturated rings. The van der Waals surface area contributed by atoms with E-state index in [4.69, 9.17) is 35.3 Å². The molecule has 0 saturated carbocycles. The molecule has 3 aliphatic rings. The van der Waals surface area contributed by atoms with E-state index in [1.165, 1.54) is 19.0 Å². The van der Waals surface area contributed by atoms with Crippen molar-refractivity contribution < 1.29 is 42.9 Å². The largest absolute Gasteiger partial charge is 0.495 e. The predicted molar refractivity (Wildman–Crippen MR) is 224 cm³/mol. The zero-order chi connectivity index (χ0) is 42.4. The smallest absolute Gasteiger partial charge is 0.410 e. The van der Waals surface area contributed by atoms with Gasteiger partial charge in [-0.3, -0.25) is 9.69 Å². The van der Waals surface area contributed by atoms with Gasteiger partial charge in [0.25, 0.3) is 0 Å². The van der Waals surface area contributed by atoms with Gasteiger partial charge in [-0.05, 0) is 73.6 Å². The van der Waals surface area contributed by atoms with E-state index in [2.05, 4.69) is 22.8 Å². The summed E-state index contributed by atoms with van der Waals surface area (Å²) in [6, 6.07) is 20.6. The van der Waals surface area contributed by atoms with Crippen molar-refractivity contribution in [3.05, 3.63) is 112 Å². The van der Waals surface area contributed by atoms with E-state index in [9.17, 15) is 19.2 Å². The summed E-state index contributed by atoms with van der Waals surface area (Å²) in [4.78, 5) is 53.5. The molecule has 59 heavy (non-hydrogen) atoms. The Balaban J connectivity index is 1.03. The summed E-state index contributed by atoms with van der Waals surface area (Å²) in [5, 5.41) is 6.07. The molecule has 3 amide bonds. The highest BCUT2D eigenvalue weighted by atomic mass is 35.5. The lowest BCUT2D eigenvalue weighted by atomic mass is 9.85. The minimum absolute atomic E-state index is 0.0975. The highest BCUT2D eigenvalue weighted by Gasteiger charge is 2.63. The number of allylic oxidation sites excluding steroid dienone is 3. The summed E-state index contributed by atoms with van der Waals surface area (Å²) in [6.45, 7) is 7.40. The normalized spacial score (nSPS) is 22.5. The molecule has 4 unspecified atom stereocenters. The Kier molecular flexibility index (Phi) is 13.7. The maximum atomic E-state index is 13.6. The van der Waals surface area contributed by atoms with Crippen LogP contribution in [0.15, 0.2) is 90.5 Å². The first-order chi connectivity index (χ1) is 28.2. The highest BCUT2D eigenvalue weighted by Crippen LogP contribution is 2.48. The van der Waals surface area contributed by atoms with Gasteiger partial charge >= 0.3 is 18.2 Å². The Morgan fingerprint density at radius 2 is 1.75 bits per heavy atom. The fourth-order valence-corrected chi connectivity index (χ4v) is 8.27. The Morgan fingerprint density at radius 1 is 1.07 bits per heavy atom. The quantitative estimate of drug-likeness (QED) is 0.0641. The third-order valence-electron chi connectivity index (χ3n) is 11.8. The summed E-state index contributed by atoms with van der Waals surface area (Å²) in [5.41, 5.74) is 5.55. The fraction of sp³-hybridized carbons (Fsp3) is 0.435. The zero-order valence-electron chi connectivity index (χ0n) is 34.7. The van der Waals surface area contributed by atoms with Crippen LogP contribution in [0.4, 0.5) is 9.59 Å². The van der Waals surface area contributed by atoms with E-state index in [-0.39, 0.29) is 36.8 Å². The van der Waals surface area contributed by atoms with Crippen LogP contribution in [0.5, 0.6) is 5.75 Å². The number of carbonyl (C=O) groups is 4. The number of cyclic esters (lactones) is 1. The maximum Gasteiger partial charge on any atom is 0.410 e. The minimum Gasteiger partial charge on any atom is -0.495 e. The molecule has 7 atom stereocenters. The number of carbonyl (C=O) groups excluding carboxylic acids is 4. The van der Waals surface area contributed by atoms with Crippen molar-refractivity contribution in [1.82, 2.24) is 15.5 Å². The number of amides is 3. The molecule has 2 heterocycles. The zero-order valence-corrected chi connectivity index (χ0v) is 35.4.